The molecule has 0 saturated heterocycles. The summed E-state index contributed by atoms with van der Waals surface area (Å²) in [5, 5.41) is 0.392. The fraction of sp³-hybridized carbons (Fsp3) is 0.0800. The van der Waals surface area contributed by atoms with Gasteiger partial charge in [-0.05, 0) is 48.9 Å². The molecule has 154 valence electrons. The van der Waals surface area contributed by atoms with Crippen LogP contribution in [0.25, 0.3) is 22.1 Å². The molecule has 4 rings (SSSR count). The lowest BCUT2D eigenvalue weighted by atomic mass is 10.1. The topological polar surface area (TPSA) is 82.8 Å². The van der Waals surface area contributed by atoms with Crippen molar-refractivity contribution in [3.63, 3.8) is 0 Å². The summed E-state index contributed by atoms with van der Waals surface area (Å²) in [6, 6.07) is 20.3. The van der Waals surface area contributed by atoms with Gasteiger partial charge in [-0.15, -0.1) is 0 Å². The molecule has 1 aromatic heterocycles. The van der Waals surface area contributed by atoms with Crippen LogP contribution in [0.2, 0.25) is 0 Å². The van der Waals surface area contributed by atoms with Gasteiger partial charge >= 0.3 is 5.97 Å². The van der Waals surface area contributed by atoms with Gasteiger partial charge in [0.05, 0.1) is 10.9 Å². The average Bonchev–Trinajstić information content (AvgIpc) is 2.79. The van der Waals surface area contributed by atoms with Gasteiger partial charge in [0, 0.05) is 11.6 Å². The molecule has 0 spiro atoms. The Morgan fingerprint density at radius 2 is 1.61 bits per heavy atom. The Hall–Kier alpha value is -4.19. The maximum atomic E-state index is 12.8. The summed E-state index contributed by atoms with van der Waals surface area (Å²) in [6.45, 7) is 1.16. The second kappa shape index (κ2) is 8.67. The lowest BCUT2D eigenvalue weighted by Crippen LogP contribution is -2.17. The molecule has 0 saturated carbocycles. The van der Waals surface area contributed by atoms with Gasteiger partial charge in [0.2, 0.25) is 0 Å². The van der Waals surface area contributed by atoms with Gasteiger partial charge in [-0.3, -0.25) is 9.59 Å². The molecule has 0 atom stereocenters. The summed E-state index contributed by atoms with van der Waals surface area (Å²) in [6.07, 6.45) is 1.40. The second-order valence-electron chi connectivity index (χ2n) is 6.85. The molecule has 0 amide bonds. The van der Waals surface area contributed by atoms with Crippen molar-refractivity contribution in [1.29, 1.82) is 0 Å². The Morgan fingerprint density at radius 3 is 2.32 bits per heavy atom. The van der Waals surface area contributed by atoms with Crippen LogP contribution >= 0.6 is 0 Å². The molecule has 0 N–H and O–H groups in total. The average molecular weight is 414 g/mol. The molecule has 3 aromatic carbocycles. The van der Waals surface area contributed by atoms with Crippen LogP contribution in [0, 0.1) is 0 Å². The SMILES string of the molecule is CC(=O)c1ccc(OCC(=O)Oc2ccc3c(=O)c(-c4ccccc4)coc3c2)cc1. The van der Waals surface area contributed by atoms with E-state index in [1.807, 2.05) is 30.3 Å². The summed E-state index contributed by atoms with van der Waals surface area (Å²) in [5.41, 5.74) is 1.94. The minimum atomic E-state index is -0.613. The molecule has 1 heterocycles. The van der Waals surface area contributed by atoms with Gasteiger partial charge < -0.3 is 13.9 Å². The van der Waals surface area contributed by atoms with Crippen molar-refractivity contribution < 1.29 is 23.5 Å². The first-order valence-corrected chi connectivity index (χ1v) is 9.57. The van der Waals surface area contributed by atoms with Crippen LogP contribution in [-0.4, -0.2) is 18.4 Å². The maximum Gasteiger partial charge on any atom is 0.349 e. The number of esters is 1. The van der Waals surface area contributed by atoms with Crippen molar-refractivity contribution in [2.75, 3.05) is 6.61 Å². The van der Waals surface area contributed by atoms with Crippen LogP contribution in [0.4, 0.5) is 0 Å². The van der Waals surface area contributed by atoms with E-state index >= 15 is 0 Å². The van der Waals surface area contributed by atoms with Crippen molar-refractivity contribution in [3.05, 3.63) is 94.8 Å². The largest absolute Gasteiger partial charge is 0.482 e. The van der Waals surface area contributed by atoms with E-state index in [1.54, 1.807) is 30.3 Å². The van der Waals surface area contributed by atoms with Gasteiger partial charge in [0.1, 0.15) is 23.3 Å². The first kappa shape index (κ1) is 20.1. The highest BCUT2D eigenvalue weighted by Crippen LogP contribution is 2.23. The number of fused-ring (bicyclic) bond motifs is 1. The maximum absolute atomic E-state index is 12.8. The number of Topliss-reactive ketones (excluding diaryl/α,β-unsaturated/α-hetero) is 1. The van der Waals surface area contributed by atoms with Crippen LogP contribution in [0.1, 0.15) is 17.3 Å². The van der Waals surface area contributed by atoms with Gasteiger partial charge in [0.25, 0.3) is 0 Å². The predicted molar refractivity (Wildman–Crippen MR) is 115 cm³/mol. The third-order valence-electron chi connectivity index (χ3n) is 4.68. The molecule has 0 radical (unpaired) electrons. The van der Waals surface area contributed by atoms with E-state index in [4.69, 9.17) is 13.9 Å². The lowest BCUT2D eigenvalue weighted by molar-refractivity contribution is -0.136. The van der Waals surface area contributed by atoms with Crippen molar-refractivity contribution >= 4 is 22.7 Å². The van der Waals surface area contributed by atoms with Crippen LogP contribution in [0.3, 0.4) is 0 Å². The van der Waals surface area contributed by atoms with E-state index in [1.165, 1.54) is 25.3 Å². The first-order chi connectivity index (χ1) is 15.0. The van der Waals surface area contributed by atoms with E-state index in [9.17, 15) is 14.4 Å². The fourth-order valence-electron chi connectivity index (χ4n) is 3.08. The number of ketones is 1. The van der Waals surface area contributed by atoms with E-state index in [0.717, 1.165) is 5.56 Å². The third-order valence-corrected chi connectivity index (χ3v) is 4.68. The minimum absolute atomic E-state index is 0.0511. The molecule has 0 bridgehead atoms. The molecular formula is C25H18O6. The normalized spacial score (nSPS) is 10.6. The van der Waals surface area contributed by atoms with E-state index in [-0.39, 0.29) is 23.6 Å². The van der Waals surface area contributed by atoms with Crippen molar-refractivity contribution in [2.45, 2.75) is 6.92 Å². The lowest BCUT2D eigenvalue weighted by Gasteiger charge is -2.08. The number of hydrogen-bond acceptors (Lipinski definition) is 6. The van der Waals surface area contributed by atoms with Crippen molar-refractivity contribution in [3.8, 4) is 22.6 Å². The molecule has 0 aliphatic rings. The smallest absolute Gasteiger partial charge is 0.349 e. The Bertz CT molecular complexity index is 1300. The predicted octanol–water partition coefficient (Wildman–Crippen LogP) is 4.65. The van der Waals surface area contributed by atoms with Crippen LogP contribution in [0.15, 0.2) is 88.3 Å². The zero-order valence-electron chi connectivity index (χ0n) is 16.7. The highest BCUT2D eigenvalue weighted by atomic mass is 16.6. The molecule has 0 unspecified atom stereocenters. The summed E-state index contributed by atoms with van der Waals surface area (Å²) in [7, 11) is 0. The van der Waals surface area contributed by atoms with Gasteiger partial charge in [0.15, 0.2) is 17.8 Å². The van der Waals surface area contributed by atoms with Crippen LogP contribution in [0.5, 0.6) is 11.5 Å². The standard InChI is InChI=1S/C25H18O6/c1-16(26)17-7-9-19(10-8-17)29-15-24(27)31-20-11-12-21-23(13-20)30-14-22(25(21)28)18-5-3-2-4-6-18/h2-14H,15H2,1H3. The van der Waals surface area contributed by atoms with Crippen LogP contribution < -0.4 is 14.9 Å². The van der Waals surface area contributed by atoms with Gasteiger partial charge in [-0.1, -0.05) is 30.3 Å². The Kier molecular flexibility index (Phi) is 5.62. The van der Waals surface area contributed by atoms with E-state index in [0.29, 0.717) is 27.8 Å². The third kappa shape index (κ3) is 4.53. The zero-order chi connectivity index (χ0) is 21.8. The number of hydrogen-bond donors (Lipinski definition) is 0. The Balaban J connectivity index is 1.45. The molecule has 0 fully saturated rings. The molecule has 6 nitrogen and oxygen atoms in total. The monoisotopic (exact) mass is 414 g/mol. The highest BCUT2D eigenvalue weighted by Gasteiger charge is 2.12. The van der Waals surface area contributed by atoms with Gasteiger partial charge in [-0.2, -0.15) is 0 Å². The number of benzene rings is 3. The molecule has 4 aromatic rings. The van der Waals surface area contributed by atoms with Crippen LogP contribution in [-0.2, 0) is 4.79 Å². The Morgan fingerprint density at radius 1 is 0.903 bits per heavy atom. The molecule has 0 aliphatic carbocycles. The van der Waals surface area contributed by atoms with Gasteiger partial charge in [-0.25, -0.2) is 4.79 Å². The second-order valence-corrected chi connectivity index (χ2v) is 6.85. The zero-order valence-corrected chi connectivity index (χ0v) is 16.7. The minimum Gasteiger partial charge on any atom is -0.482 e. The van der Waals surface area contributed by atoms with E-state index < -0.39 is 5.97 Å². The number of ether oxygens (including phenoxy) is 2. The number of carbonyl (C=O) groups excluding carboxylic acids is 2. The number of carbonyl (C=O) groups is 2. The fourth-order valence-corrected chi connectivity index (χ4v) is 3.08. The summed E-state index contributed by atoms with van der Waals surface area (Å²) in [4.78, 5) is 36.2. The van der Waals surface area contributed by atoms with E-state index in [2.05, 4.69) is 0 Å². The Labute approximate surface area is 177 Å². The summed E-state index contributed by atoms with van der Waals surface area (Å²) >= 11 is 0. The highest BCUT2D eigenvalue weighted by molar-refractivity contribution is 5.94. The molecule has 0 aliphatic heterocycles. The molecular weight excluding hydrogens is 396 g/mol. The summed E-state index contributed by atoms with van der Waals surface area (Å²) < 4.78 is 16.3. The van der Waals surface area contributed by atoms with Crippen molar-refractivity contribution in [2.24, 2.45) is 0 Å². The van der Waals surface area contributed by atoms with Crippen molar-refractivity contribution in [1.82, 2.24) is 0 Å². The first-order valence-electron chi connectivity index (χ1n) is 9.57. The summed E-state index contributed by atoms with van der Waals surface area (Å²) in [5.74, 6) is 0.0200. The quantitative estimate of drug-likeness (QED) is 0.260. The molecule has 6 heteroatoms. The molecule has 31 heavy (non-hydrogen) atoms. The number of rotatable bonds is 6.